The molecule has 1 aromatic rings. The molecule has 1 saturated heterocycles. The van der Waals surface area contributed by atoms with Crippen LogP contribution in [0.3, 0.4) is 0 Å². The van der Waals surface area contributed by atoms with Crippen LogP contribution in [0.2, 0.25) is 0 Å². The maximum atomic E-state index is 11.8. The number of amides is 2. The van der Waals surface area contributed by atoms with Gasteiger partial charge < -0.3 is 10.0 Å². The number of anilines is 1. The third-order valence-electron chi connectivity index (χ3n) is 3.00. The topological polar surface area (TPSA) is 99.6 Å². The van der Waals surface area contributed by atoms with Gasteiger partial charge in [-0.3, -0.25) is 14.9 Å². The van der Waals surface area contributed by atoms with Crippen LogP contribution >= 0.6 is 11.3 Å². The number of aromatic carboxylic acids is 1. The molecule has 1 aromatic heterocycles. The van der Waals surface area contributed by atoms with E-state index in [0.717, 1.165) is 11.3 Å². The SMILES string of the molecule is Cc1nc(N2CC(=O)NC(=O)C2(C)C)sc1C(=O)O. The second-order valence-electron chi connectivity index (χ2n) is 4.74. The largest absolute Gasteiger partial charge is 0.477 e. The van der Waals surface area contributed by atoms with Crippen molar-refractivity contribution in [3.8, 4) is 0 Å². The monoisotopic (exact) mass is 283 g/mol. The van der Waals surface area contributed by atoms with Crippen molar-refractivity contribution in [3.63, 3.8) is 0 Å². The van der Waals surface area contributed by atoms with Gasteiger partial charge in [0.15, 0.2) is 5.13 Å². The van der Waals surface area contributed by atoms with Crippen LogP contribution in [0.4, 0.5) is 5.13 Å². The Labute approximate surface area is 113 Å². The molecule has 0 aliphatic carbocycles. The van der Waals surface area contributed by atoms with Crippen LogP contribution in [0, 0.1) is 6.92 Å². The molecule has 2 heterocycles. The number of thiazole rings is 1. The Morgan fingerprint density at radius 3 is 2.63 bits per heavy atom. The van der Waals surface area contributed by atoms with Gasteiger partial charge in [-0.1, -0.05) is 11.3 Å². The summed E-state index contributed by atoms with van der Waals surface area (Å²) in [6, 6.07) is 0. The number of aromatic nitrogens is 1. The number of piperazine rings is 1. The molecule has 2 rings (SSSR count). The lowest BCUT2D eigenvalue weighted by Gasteiger charge is -2.39. The van der Waals surface area contributed by atoms with E-state index in [1.54, 1.807) is 20.8 Å². The number of carboxylic acids is 1. The lowest BCUT2D eigenvalue weighted by molar-refractivity contribution is -0.135. The van der Waals surface area contributed by atoms with Crippen molar-refractivity contribution >= 4 is 34.3 Å². The Hall–Kier alpha value is -1.96. The molecule has 19 heavy (non-hydrogen) atoms. The zero-order valence-electron chi connectivity index (χ0n) is 10.7. The van der Waals surface area contributed by atoms with E-state index in [1.807, 2.05) is 0 Å². The quantitative estimate of drug-likeness (QED) is 0.762. The number of carboxylic acid groups (broad SMARTS) is 1. The fourth-order valence-corrected chi connectivity index (χ4v) is 2.83. The van der Waals surface area contributed by atoms with E-state index in [-0.39, 0.29) is 11.4 Å². The molecule has 7 nitrogen and oxygen atoms in total. The van der Waals surface area contributed by atoms with Crippen LogP contribution in [0.1, 0.15) is 29.2 Å². The highest BCUT2D eigenvalue weighted by Gasteiger charge is 2.42. The summed E-state index contributed by atoms with van der Waals surface area (Å²) in [7, 11) is 0. The van der Waals surface area contributed by atoms with Gasteiger partial charge >= 0.3 is 5.97 Å². The molecular weight excluding hydrogens is 270 g/mol. The van der Waals surface area contributed by atoms with Gasteiger partial charge in [-0.05, 0) is 20.8 Å². The number of rotatable bonds is 2. The van der Waals surface area contributed by atoms with Gasteiger partial charge in [0.25, 0.3) is 5.91 Å². The van der Waals surface area contributed by atoms with Crippen molar-refractivity contribution in [2.24, 2.45) is 0 Å². The maximum absolute atomic E-state index is 11.8. The standard InChI is InChI=1S/C11H13N3O4S/c1-5-7(8(16)17)19-10(12-5)14-4-6(15)13-9(18)11(14,2)3/h4H2,1-3H3,(H,16,17)(H,13,15,18). The summed E-state index contributed by atoms with van der Waals surface area (Å²) >= 11 is 0.964. The van der Waals surface area contributed by atoms with Crippen LogP contribution in [-0.2, 0) is 9.59 Å². The predicted octanol–water partition coefficient (Wildman–Crippen LogP) is 0.391. The van der Waals surface area contributed by atoms with Crippen molar-refractivity contribution in [2.75, 3.05) is 11.4 Å². The smallest absolute Gasteiger partial charge is 0.347 e. The van der Waals surface area contributed by atoms with E-state index >= 15 is 0 Å². The molecule has 102 valence electrons. The van der Waals surface area contributed by atoms with Crippen LogP contribution < -0.4 is 10.2 Å². The number of carbonyl (C=O) groups excluding carboxylic acids is 2. The van der Waals surface area contributed by atoms with Gasteiger partial charge in [-0.25, -0.2) is 9.78 Å². The summed E-state index contributed by atoms with van der Waals surface area (Å²) in [5.74, 6) is -1.91. The van der Waals surface area contributed by atoms with Crippen LogP contribution in [0.5, 0.6) is 0 Å². The molecule has 0 unspecified atom stereocenters. The normalized spacial score (nSPS) is 18.4. The molecule has 1 aliphatic rings. The summed E-state index contributed by atoms with van der Waals surface area (Å²) in [5, 5.41) is 11.6. The Bertz CT molecular complexity index is 578. The summed E-state index contributed by atoms with van der Waals surface area (Å²) < 4.78 is 0. The highest BCUT2D eigenvalue weighted by Crippen LogP contribution is 2.32. The van der Waals surface area contributed by atoms with Crippen LogP contribution in [0.25, 0.3) is 0 Å². The predicted molar refractivity (Wildman–Crippen MR) is 68.4 cm³/mol. The number of imide groups is 1. The number of nitrogens with one attached hydrogen (secondary N) is 1. The van der Waals surface area contributed by atoms with E-state index in [2.05, 4.69) is 10.3 Å². The Morgan fingerprint density at radius 2 is 2.11 bits per heavy atom. The van der Waals surface area contributed by atoms with Crippen molar-refractivity contribution in [1.29, 1.82) is 0 Å². The number of hydrogen-bond donors (Lipinski definition) is 2. The number of hydrogen-bond acceptors (Lipinski definition) is 6. The minimum Gasteiger partial charge on any atom is -0.477 e. The summed E-state index contributed by atoms with van der Waals surface area (Å²) in [6.07, 6.45) is 0. The number of nitrogens with zero attached hydrogens (tertiary/aromatic N) is 2. The minimum atomic E-state index is -1.06. The highest BCUT2D eigenvalue weighted by atomic mass is 32.1. The molecule has 8 heteroatoms. The molecule has 1 aliphatic heterocycles. The Morgan fingerprint density at radius 1 is 1.47 bits per heavy atom. The highest BCUT2D eigenvalue weighted by molar-refractivity contribution is 7.17. The summed E-state index contributed by atoms with van der Waals surface area (Å²) in [4.78, 5) is 40.1. The molecule has 0 atom stereocenters. The lowest BCUT2D eigenvalue weighted by atomic mass is 10.00. The molecule has 0 saturated carbocycles. The first-order valence-electron chi connectivity index (χ1n) is 5.56. The van der Waals surface area contributed by atoms with Gasteiger partial charge in [0, 0.05) is 0 Å². The lowest BCUT2D eigenvalue weighted by Crippen LogP contribution is -2.64. The van der Waals surface area contributed by atoms with E-state index in [9.17, 15) is 14.4 Å². The second kappa shape index (κ2) is 4.30. The Kier molecular flexibility index (Phi) is 3.05. The van der Waals surface area contributed by atoms with Gasteiger partial charge in [-0.15, -0.1) is 0 Å². The van der Waals surface area contributed by atoms with Gasteiger partial charge in [0.2, 0.25) is 5.91 Å². The van der Waals surface area contributed by atoms with Crippen molar-refractivity contribution in [1.82, 2.24) is 10.3 Å². The van der Waals surface area contributed by atoms with Crippen molar-refractivity contribution in [2.45, 2.75) is 26.3 Å². The van der Waals surface area contributed by atoms with Gasteiger partial charge in [-0.2, -0.15) is 0 Å². The second-order valence-corrected chi connectivity index (χ2v) is 5.72. The third-order valence-corrected chi connectivity index (χ3v) is 4.16. The molecule has 0 bridgehead atoms. The van der Waals surface area contributed by atoms with Gasteiger partial charge in [0.1, 0.15) is 17.0 Å². The molecular formula is C11H13N3O4S. The molecule has 0 aromatic carbocycles. The first-order chi connectivity index (χ1) is 8.73. The van der Waals surface area contributed by atoms with Crippen LogP contribution in [0.15, 0.2) is 0 Å². The maximum Gasteiger partial charge on any atom is 0.347 e. The first-order valence-corrected chi connectivity index (χ1v) is 6.37. The summed E-state index contributed by atoms with van der Waals surface area (Å²) in [5.41, 5.74) is -0.574. The molecule has 0 spiro atoms. The van der Waals surface area contributed by atoms with Crippen molar-refractivity contribution in [3.05, 3.63) is 10.6 Å². The molecule has 2 amide bonds. The van der Waals surface area contributed by atoms with Crippen molar-refractivity contribution < 1.29 is 19.5 Å². The third kappa shape index (κ3) is 2.19. The summed E-state index contributed by atoms with van der Waals surface area (Å²) in [6.45, 7) is 4.88. The average Bonchev–Trinajstić information content (AvgIpc) is 2.66. The molecule has 1 fully saturated rings. The van der Waals surface area contributed by atoms with Gasteiger partial charge in [0.05, 0.1) is 5.69 Å². The first kappa shape index (κ1) is 13.5. The van der Waals surface area contributed by atoms with E-state index in [4.69, 9.17) is 5.11 Å². The van der Waals surface area contributed by atoms with E-state index in [1.165, 1.54) is 4.90 Å². The minimum absolute atomic E-state index is 0.0231. The zero-order chi connectivity index (χ0) is 14.4. The number of carbonyl (C=O) groups is 3. The van der Waals surface area contributed by atoms with E-state index in [0.29, 0.717) is 10.8 Å². The fraction of sp³-hybridized carbons (Fsp3) is 0.455. The zero-order valence-corrected chi connectivity index (χ0v) is 11.5. The molecule has 2 N–H and O–H groups in total. The number of aryl methyl sites for hydroxylation is 1. The van der Waals surface area contributed by atoms with E-state index < -0.39 is 23.3 Å². The molecule has 0 radical (unpaired) electrons. The Balaban J connectivity index is 2.44. The fourth-order valence-electron chi connectivity index (χ4n) is 1.79. The average molecular weight is 283 g/mol. The van der Waals surface area contributed by atoms with Crippen LogP contribution in [-0.4, -0.2) is 40.0 Å².